The standard InChI is InChI=1S/C16H24N2O2/c1-19-15-8-12-5-7-18(11-14-4-3-6-17-14)10-13(12)9-16(15)20-2/h8-9,14,17H,3-7,10-11H2,1-2H3/t14-/m1/s1. The first-order valence-corrected chi connectivity index (χ1v) is 7.49. The maximum atomic E-state index is 5.42. The summed E-state index contributed by atoms with van der Waals surface area (Å²) in [6.45, 7) is 4.50. The molecule has 20 heavy (non-hydrogen) atoms. The molecule has 4 nitrogen and oxygen atoms in total. The highest BCUT2D eigenvalue weighted by Gasteiger charge is 2.23. The minimum absolute atomic E-state index is 0.677. The summed E-state index contributed by atoms with van der Waals surface area (Å²) in [6, 6.07) is 4.96. The Morgan fingerprint density at radius 3 is 2.60 bits per heavy atom. The Morgan fingerprint density at radius 1 is 1.20 bits per heavy atom. The van der Waals surface area contributed by atoms with E-state index in [4.69, 9.17) is 9.47 Å². The predicted molar refractivity (Wildman–Crippen MR) is 79.6 cm³/mol. The molecule has 0 unspecified atom stereocenters. The largest absolute Gasteiger partial charge is 0.493 e. The summed E-state index contributed by atoms with van der Waals surface area (Å²) < 4.78 is 10.8. The number of fused-ring (bicyclic) bond motifs is 1. The molecule has 1 saturated heterocycles. The van der Waals surface area contributed by atoms with E-state index in [2.05, 4.69) is 22.3 Å². The lowest BCUT2D eigenvalue weighted by Crippen LogP contribution is -2.40. The fourth-order valence-electron chi connectivity index (χ4n) is 3.32. The number of benzene rings is 1. The van der Waals surface area contributed by atoms with E-state index in [1.807, 2.05) is 0 Å². The van der Waals surface area contributed by atoms with Gasteiger partial charge >= 0.3 is 0 Å². The molecule has 110 valence electrons. The van der Waals surface area contributed by atoms with E-state index < -0.39 is 0 Å². The molecule has 1 N–H and O–H groups in total. The number of nitrogens with one attached hydrogen (secondary N) is 1. The summed E-state index contributed by atoms with van der Waals surface area (Å²) in [5.41, 5.74) is 2.78. The summed E-state index contributed by atoms with van der Waals surface area (Å²) in [5.74, 6) is 1.68. The minimum Gasteiger partial charge on any atom is -0.493 e. The number of ether oxygens (including phenoxy) is 2. The van der Waals surface area contributed by atoms with Gasteiger partial charge in [0, 0.05) is 25.7 Å². The van der Waals surface area contributed by atoms with Crippen LogP contribution in [0.4, 0.5) is 0 Å². The summed E-state index contributed by atoms with van der Waals surface area (Å²) in [4.78, 5) is 2.55. The van der Waals surface area contributed by atoms with Crippen LogP contribution in [0.15, 0.2) is 12.1 Å². The molecule has 0 radical (unpaired) electrons. The van der Waals surface area contributed by atoms with Crippen LogP contribution >= 0.6 is 0 Å². The average molecular weight is 276 g/mol. The molecule has 0 aromatic heterocycles. The Bertz CT molecular complexity index is 470. The number of methoxy groups -OCH3 is 2. The molecule has 0 aliphatic carbocycles. The van der Waals surface area contributed by atoms with Crippen molar-refractivity contribution in [1.29, 1.82) is 0 Å². The second-order valence-corrected chi connectivity index (χ2v) is 5.75. The van der Waals surface area contributed by atoms with E-state index in [-0.39, 0.29) is 0 Å². The van der Waals surface area contributed by atoms with Crippen molar-refractivity contribution in [3.63, 3.8) is 0 Å². The number of nitrogens with zero attached hydrogens (tertiary/aromatic N) is 1. The van der Waals surface area contributed by atoms with Crippen LogP contribution in [0.3, 0.4) is 0 Å². The van der Waals surface area contributed by atoms with Gasteiger partial charge in [-0.25, -0.2) is 0 Å². The van der Waals surface area contributed by atoms with Gasteiger partial charge in [-0.2, -0.15) is 0 Å². The maximum absolute atomic E-state index is 5.42. The van der Waals surface area contributed by atoms with Gasteiger partial charge in [-0.15, -0.1) is 0 Å². The highest BCUT2D eigenvalue weighted by molar-refractivity contribution is 5.48. The van der Waals surface area contributed by atoms with Crippen molar-refractivity contribution < 1.29 is 9.47 Å². The molecular weight excluding hydrogens is 252 g/mol. The monoisotopic (exact) mass is 276 g/mol. The Hall–Kier alpha value is -1.26. The molecule has 1 aromatic carbocycles. The first-order chi connectivity index (χ1) is 9.80. The zero-order valence-electron chi connectivity index (χ0n) is 12.4. The van der Waals surface area contributed by atoms with Crippen LogP contribution in [0.1, 0.15) is 24.0 Å². The Kier molecular flexibility index (Phi) is 4.13. The zero-order valence-corrected chi connectivity index (χ0v) is 12.4. The summed E-state index contributed by atoms with van der Waals surface area (Å²) in [5, 5.41) is 3.58. The van der Waals surface area contributed by atoms with Crippen molar-refractivity contribution in [2.75, 3.05) is 33.9 Å². The third-order valence-corrected chi connectivity index (χ3v) is 4.44. The fourth-order valence-corrected chi connectivity index (χ4v) is 3.32. The van der Waals surface area contributed by atoms with Gasteiger partial charge in [0.15, 0.2) is 11.5 Å². The molecule has 1 aromatic rings. The highest BCUT2D eigenvalue weighted by atomic mass is 16.5. The SMILES string of the molecule is COc1cc2c(cc1OC)CN(C[C@H]1CCCN1)CC2. The van der Waals surface area contributed by atoms with Crippen molar-refractivity contribution in [3.8, 4) is 11.5 Å². The quantitative estimate of drug-likeness (QED) is 0.909. The lowest BCUT2D eigenvalue weighted by molar-refractivity contribution is 0.230. The van der Waals surface area contributed by atoms with Gasteiger partial charge in [0.1, 0.15) is 0 Å². The summed E-state index contributed by atoms with van der Waals surface area (Å²) in [7, 11) is 3.40. The third kappa shape index (κ3) is 2.76. The van der Waals surface area contributed by atoms with E-state index in [0.717, 1.165) is 37.6 Å². The van der Waals surface area contributed by atoms with Gasteiger partial charge in [0.2, 0.25) is 0 Å². The van der Waals surface area contributed by atoms with Gasteiger partial charge in [-0.05, 0) is 49.1 Å². The molecule has 2 aliphatic heterocycles. The van der Waals surface area contributed by atoms with Crippen LogP contribution in [0.2, 0.25) is 0 Å². The summed E-state index contributed by atoms with van der Waals surface area (Å²) >= 11 is 0. The normalized spacial score (nSPS) is 22.6. The van der Waals surface area contributed by atoms with Crippen molar-refractivity contribution in [1.82, 2.24) is 10.2 Å². The molecule has 2 heterocycles. The first kappa shape index (κ1) is 13.7. The molecule has 4 heteroatoms. The highest BCUT2D eigenvalue weighted by Crippen LogP contribution is 2.33. The lowest BCUT2D eigenvalue weighted by Gasteiger charge is -2.31. The second kappa shape index (κ2) is 6.02. The van der Waals surface area contributed by atoms with Crippen LogP contribution < -0.4 is 14.8 Å². The Balaban J connectivity index is 1.73. The van der Waals surface area contributed by atoms with E-state index in [1.165, 1.54) is 30.5 Å². The van der Waals surface area contributed by atoms with E-state index in [0.29, 0.717) is 6.04 Å². The molecule has 0 bridgehead atoms. The molecular formula is C16H24N2O2. The topological polar surface area (TPSA) is 33.7 Å². The number of hydrogen-bond donors (Lipinski definition) is 1. The molecule has 2 aliphatic rings. The van der Waals surface area contributed by atoms with Crippen LogP contribution in [0.25, 0.3) is 0 Å². The van der Waals surface area contributed by atoms with Crippen molar-refractivity contribution >= 4 is 0 Å². The van der Waals surface area contributed by atoms with Gasteiger partial charge in [-0.1, -0.05) is 0 Å². The van der Waals surface area contributed by atoms with Crippen molar-refractivity contribution in [3.05, 3.63) is 23.3 Å². The van der Waals surface area contributed by atoms with E-state index >= 15 is 0 Å². The van der Waals surface area contributed by atoms with Crippen LogP contribution in [-0.4, -0.2) is 44.8 Å². The minimum atomic E-state index is 0.677. The van der Waals surface area contributed by atoms with Gasteiger partial charge in [-0.3, -0.25) is 4.90 Å². The molecule has 0 saturated carbocycles. The van der Waals surface area contributed by atoms with E-state index in [9.17, 15) is 0 Å². The lowest BCUT2D eigenvalue weighted by atomic mass is 9.98. The van der Waals surface area contributed by atoms with Gasteiger partial charge in [0.05, 0.1) is 14.2 Å². The average Bonchev–Trinajstić information content (AvgIpc) is 2.98. The number of hydrogen-bond acceptors (Lipinski definition) is 4. The molecule has 0 spiro atoms. The Labute approximate surface area is 121 Å². The molecule has 1 atom stereocenters. The van der Waals surface area contributed by atoms with Crippen molar-refractivity contribution in [2.45, 2.75) is 31.8 Å². The first-order valence-electron chi connectivity index (χ1n) is 7.49. The molecule has 3 rings (SSSR count). The van der Waals surface area contributed by atoms with Crippen molar-refractivity contribution in [2.24, 2.45) is 0 Å². The van der Waals surface area contributed by atoms with E-state index in [1.54, 1.807) is 14.2 Å². The third-order valence-electron chi connectivity index (χ3n) is 4.44. The fraction of sp³-hybridized carbons (Fsp3) is 0.625. The zero-order chi connectivity index (χ0) is 13.9. The molecule has 1 fully saturated rings. The van der Waals surface area contributed by atoms with Crippen LogP contribution in [-0.2, 0) is 13.0 Å². The van der Waals surface area contributed by atoms with Crippen LogP contribution in [0, 0.1) is 0 Å². The van der Waals surface area contributed by atoms with Gasteiger partial charge in [0.25, 0.3) is 0 Å². The van der Waals surface area contributed by atoms with Gasteiger partial charge < -0.3 is 14.8 Å². The second-order valence-electron chi connectivity index (χ2n) is 5.75. The molecule has 0 amide bonds. The summed E-state index contributed by atoms with van der Waals surface area (Å²) in [6.07, 6.45) is 3.73. The van der Waals surface area contributed by atoms with Crippen LogP contribution in [0.5, 0.6) is 11.5 Å². The predicted octanol–water partition coefficient (Wildman–Crippen LogP) is 1.81. The Morgan fingerprint density at radius 2 is 1.95 bits per heavy atom. The maximum Gasteiger partial charge on any atom is 0.161 e. The smallest absolute Gasteiger partial charge is 0.161 e. The number of rotatable bonds is 4.